The summed E-state index contributed by atoms with van der Waals surface area (Å²) in [7, 11) is 0. The van der Waals surface area contributed by atoms with Crippen LogP contribution in [0, 0.1) is 5.92 Å². The lowest BCUT2D eigenvalue weighted by Gasteiger charge is -2.38. The van der Waals surface area contributed by atoms with Crippen molar-refractivity contribution in [2.45, 2.75) is 46.1 Å². The molecule has 2 atom stereocenters. The monoisotopic (exact) mass is 304 g/mol. The van der Waals surface area contributed by atoms with Gasteiger partial charge in [-0.3, -0.25) is 4.90 Å². The first kappa shape index (κ1) is 15.5. The van der Waals surface area contributed by atoms with Crippen LogP contribution in [0.2, 0.25) is 0 Å². The summed E-state index contributed by atoms with van der Waals surface area (Å²) in [6, 6.07) is 0.768. The molecule has 1 heterocycles. The molecule has 3 heteroatoms. The minimum absolute atomic E-state index is 0.768. The van der Waals surface area contributed by atoms with Crippen molar-refractivity contribution in [1.82, 2.24) is 9.80 Å². The molecule has 0 spiro atoms. The Labute approximate surface area is 116 Å². The predicted octanol–water partition coefficient (Wildman–Crippen LogP) is 3.21. The third kappa shape index (κ3) is 5.71. The van der Waals surface area contributed by atoms with Gasteiger partial charge in [-0.1, -0.05) is 29.8 Å². The first-order chi connectivity index (χ1) is 8.17. The Hall–Kier alpha value is 0.400. The number of nitrogens with zero attached hydrogens (tertiary/aromatic N) is 2. The Morgan fingerprint density at radius 3 is 2.24 bits per heavy atom. The van der Waals surface area contributed by atoms with E-state index in [9.17, 15) is 0 Å². The van der Waals surface area contributed by atoms with Gasteiger partial charge in [0.25, 0.3) is 0 Å². The van der Waals surface area contributed by atoms with Crippen LogP contribution >= 0.6 is 15.9 Å². The molecule has 1 fully saturated rings. The molecule has 0 radical (unpaired) electrons. The number of hydrogen-bond acceptors (Lipinski definition) is 2. The van der Waals surface area contributed by atoms with E-state index in [1.807, 2.05) is 0 Å². The molecule has 0 aliphatic carbocycles. The van der Waals surface area contributed by atoms with Crippen LogP contribution in [0.25, 0.3) is 0 Å². The van der Waals surface area contributed by atoms with Crippen LogP contribution < -0.4 is 0 Å². The Balaban J connectivity index is 2.14. The summed E-state index contributed by atoms with van der Waals surface area (Å²) >= 11 is 3.53. The van der Waals surface area contributed by atoms with Crippen molar-refractivity contribution in [2.75, 3.05) is 38.1 Å². The highest BCUT2D eigenvalue weighted by atomic mass is 79.9. The topological polar surface area (TPSA) is 6.48 Å². The smallest absolute Gasteiger partial charge is 0.0113 e. The van der Waals surface area contributed by atoms with Gasteiger partial charge in [-0.2, -0.15) is 0 Å². The number of alkyl halides is 1. The molecule has 102 valence electrons. The molecule has 0 saturated carbocycles. The lowest BCUT2D eigenvalue weighted by Crippen LogP contribution is -2.49. The predicted molar refractivity (Wildman–Crippen MR) is 80.0 cm³/mol. The summed E-state index contributed by atoms with van der Waals surface area (Å²) in [4.78, 5) is 5.28. The number of hydrogen-bond donors (Lipinski definition) is 0. The molecule has 2 nitrogen and oxygen atoms in total. The standard InChI is InChI=1S/C14H29BrN2/c1-4-14(3)17-11-9-16(10-12-17)8-6-13(2)5-7-15/h13-14H,4-12H2,1-3H3. The fourth-order valence-corrected chi connectivity index (χ4v) is 3.20. The lowest BCUT2D eigenvalue weighted by atomic mass is 10.0. The Kier molecular flexibility index (Phi) is 7.72. The number of halogens is 1. The molecule has 0 aromatic rings. The van der Waals surface area contributed by atoms with Crippen molar-refractivity contribution in [3.8, 4) is 0 Å². The normalized spacial score (nSPS) is 22.6. The van der Waals surface area contributed by atoms with E-state index in [1.165, 1.54) is 52.0 Å². The zero-order chi connectivity index (χ0) is 12.7. The van der Waals surface area contributed by atoms with Gasteiger partial charge in [0.05, 0.1) is 0 Å². The largest absolute Gasteiger partial charge is 0.301 e. The van der Waals surface area contributed by atoms with Crippen molar-refractivity contribution in [3.05, 3.63) is 0 Å². The van der Waals surface area contributed by atoms with E-state index in [4.69, 9.17) is 0 Å². The Morgan fingerprint density at radius 1 is 1.06 bits per heavy atom. The first-order valence-electron chi connectivity index (χ1n) is 7.19. The minimum atomic E-state index is 0.768. The first-order valence-corrected chi connectivity index (χ1v) is 8.31. The van der Waals surface area contributed by atoms with Gasteiger partial charge in [-0.25, -0.2) is 0 Å². The SMILES string of the molecule is CCC(C)N1CCN(CCC(C)CCBr)CC1. The second kappa shape index (κ2) is 8.49. The number of rotatable bonds is 7. The van der Waals surface area contributed by atoms with E-state index < -0.39 is 0 Å². The van der Waals surface area contributed by atoms with Crippen LogP contribution in [0.15, 0.2) is 0 Å². The molecule has 0 aromatic carbocycles. The molecule has 1 saturated heterocycles. The average Bonchev–Trinajstić information content (AvgIpc) is 2.36. The third-order valence-electron chi connectivity index (χ3n) is 4.16. The second-order valence-corrected chi connectivity index (χ2v) is 6.30. The van der Waals surface area contributed by atoms with Gasteiger partial charge in [-0.05, 0) is 38.6 Å². The van der Waals surface area contributed by atoms with Crippen molar-refractivity contribution in [3.63, 3.8) is 0 Å². The molecule has 0 aromatic heterocycles. The highest BCUT2D eigenvalue weighted by molar-refractivity contribution is 9.09. The van der Waals surface area contributed by atoms with Crippen molar-refractivity contribution in [1.29, 1.82) is 0 Å². The molecule has 1 aliphatic rings. The van der Waals surface area contributed by atoms with Crippen molar-refractivity contribution >= 4 is 15.9 Å². The fourth-order valence-electron chi connectivity index (χ4n) is 2.42. The summed E-state index contributed by atoms with van der Waals surface area (Å²) in [5.74, 6) is 0.863. The van der Waals surface area contributed by atoms with E-state index >= 15 is 0 Å². The maximum Gasteiger partial charge on any atom is 0.0113 e. The quantitative estimate of drug-likeness (QED) is 0.666. The minimum Gasteiger partial charge on any atom is -0.301 e. The van der Waals surface area contributed by atoms with Crippen LogP contribution in [0.1, 0.15) is 40.0 Å². The van der Waals surface area contributed by atoms with Gasteiger partial charge in [-0.15, -0.1) is 0 Å². The van der Waals surface area contributed by atoms with Gasteiger partial charge >= 0.3 is 0 Å². The van der Waals surface area contributed by atoms with E-state index in [-0.39, 0.29) is 0 Å². The van der Waals surface area contributed by atoms with Crippen molar-refractivity contribution < 1.29 is 0 Å². The van der Waals surface area contributed by atoms with Gasteiger partial charge in [0.1, 0.15) is 0 Å². The summed E-state index contributed by atoms with van der Waals surface area (Å²) in [5, 5.41) is 1.15. The van der Waals surface area contributed by atoms with Gasteiger partial charge in [0, 0.05) is 37.6 Å². The summed E-state index contributed by atoms with van der Waals surface area (Å²) in [6.45, 7) is 13.4. The van der Waals surface area contributed by atoms with E-state index in [1.54, 1.807) is 0 Å². The summed E-state index contributed by atoms with van der Waals surface area (Å²) < 4.78 is 0. The highest BCUT2D eigenvalue weighted by Gasteiger charge is 2.19. The van der Waals surface area contributed by atoms with Crippen LogP contribution in [-0.2, 0) is 0 Å². The van der Waals surface area contributed by atoms with Gasteiger partial charge in [0.2, 0.25) is 0 Å². The van der Waals surface area contributed by atoms with Crippen LogP contribution in [0.5, 0.6) is 0 Å². The molecule has 1 rings (SSSR count). The van der Waals surface area contributed by atoms with E-state index in [0.29, 0.717) is 0 Å². The zero-order valence-corrected chi connectivity index (χ0v) is 13.4. The average molecular weight is 305 g/mol. The second-order valence-electron chi connectivity index (χ2n) is 5.51. The van der Waals surface area contributed by atoms with E-state index in [2.05, 4.69) is 46.5 Å². The molecular weight excluding hydrogens is 276 g/mol. The molecule has 2 unspecified atom stereocenters. The molecule has 0 bridgehead atoms. The highest BCUT2D eigenvalue weighted by Crippen LogP contribution is 2.13. The Morgan fingerprint density at radius 2 is 1.71 bits per heavy atom. The number of piperazine rings is 1. The zero-order valence-electron chi connectivity index (χ0n) is 11.8. The van der Waals surface area contributed by atoms with E-state index in [0.717, 1.165) is 17.3 Å². The van der Waals surface area contributed by atoms with Crippen LogP contribution in [0.4, 0.5) is 0 Å². The van der Waals surface area contributed by atoms with Gasteiger partial charge < -0.3 is 4.90 Å². The summed E-state index contributed by atoms with van der Waals surface area (Å²) in [5.41, 5.74) is 0. The molecule has 17 heavy (non-hydrogen) atoms. The maximum atomic E-state index is 3.53. The van der Waals surface area contributed by atoms with Gasteiger partial charge in [0.15, 0.2) is 0 Å². The summed E-state index contributed by atoms with van der Waals surface area (Å²) in [6.07, 6.45) is 3.95. The molecule has 1 aliphatic heterocycles. The molecule has 0 N–H and O–H groups in total. The van der Waals surface area contributed by atoms with Crippen LogP contribution in [-0.4, -0.2) is 53.9 Å². The van der Waals surface area contributed by atoms with Crippen molar-refractivity contribution in [2.24, 2.45) is 5.92 Å². The Bertz CT molecular complexity index is 191. The lowest BCUT2D eigenvalue weighted by molar-refractivity contribution is 0.0971. The molecule has 0 amide bonds. The third-order valence-corrected chi connectivity index (χ3v) is 4.62. The maximum absolute atomic E-state index is 3.53. The molecular formula is C14H29BrN2. The fraction of sp³-hybridized carbons (Fsp3) is 1.00. The van der Waals surface area contributed by atoms with Crippen LogP contribution in [0.3, 0.4) is 0 Å².